The van der Waals surface area contributed by atoms with Crippen LogP contribution in [0.3, 0.4) is 0 Å². The maximum absolute atomic E-state index is 12.5. The van der Waals surface area contributed by atoms with Crippen molar-refractivity contribution in [1.82, 2.24) is 9.80 Å². The van der Waals surface area contributed by atoms with E-state index in [2.05, 4.69) is 22.6 Å². The first-order chi connectivity index (χ1) is 12.0. The van der Waals surface area contributed by atoms with Gasteiger partial charge in [-0.05, 0) is 58.6 Å². The van der Waals surface area contributed by atoms with Crippen LogP contribution in [0.1, 0.15) is 5.56 Å². The van der Waals surface area contributed by atoms with Crippen LogP contribution in [-0.4, -0.2) is 64.8 Å². The Balaban J connectivity index is 1.74. The maximum Gasteiger partial charge on any atom is 0.294 e. The molecule has 0 radical (unpaired) electrons. The van der Waals surface area contributed by atoms with Gasteiger partial charge in [0.25, 0.3) is 11.1 Å². The number of carbonyl (C=O) groups is 3. The largest absolute Gasteiger partial charge is 0.507 e. The zero-order chi connectivity index (χ0) is 18.0. The Hall–Kier alpha value is -1.59. The highest BCUT2D eigenvalue weighted by atomic mass is 127. The van der Waals surface area contributed by atoms with Crippen LogP contribution in [0.4, 0.5) is 4.79 Å². The van der Waals surface area contributed by atoms with E-state index in [-0.39, 0.29) is 23.1 Å². The second-order valence-corrected chi connectivity index (χ2v) is 7.70. The Morgan fingerprint density at radius 3 is 2.76 bits per heavy atom. The number of phenolic OH excluding ortho intramolecular Hbond substituents is 1. The number of ether oxygens (including phenoxy) is 1. The number of benzene rings is 1. The molecule has 2 heterocycles. The molecule has 2 aliphatic rings. The van der Waals surface area contributed by atoms with Gasteiger partial charge in [-0.3, -0.25) is 19.3 Å². The summed E-state index contributed by atoms with van der Waals surface area (Å²) in [6.45, 7) is 1.56. The summed E-state index contributed by atoms with van der Waals surface area (Å²) in [7, 11) is 0. The normalized spacial score (nSPS) is 19.8. The molecule has 2 fully saturated rings. The molecule has 7 nitrogen and oxygen atoms in total. The second-order valence-electron chi connectivity index (χ2n) is 5.46. The topological polar surface area (TPSA) is 87.2 Å². The van der Waals surface area contributed by atoms with E-state index in [0.717, 1.165) is 20.2 Å². The molecular formula is C16H15IN2O5S. The van der Waals surface area contributed by atoms with Gasteiger partial charge in [-0.1, -0.05) is 0 Å². The molecule has 1 aromatic rings. The quantitative estimate of drug-likeness (QED) is 0.532. The molecule has 25 heavy (non-hydrogen) atoms. The summed E-state index contributed by atoms with van der Waals surface area (Å²) >= 11 is 2.86. The molecule has 2 saturated heterocycles. The zero-order valence-electron chi connectivity index (χ0n) is 13.1. The van der Waals surface area contributed by atoms with Crippen molar-refractivity contribution in [3.63, 3.8) is 0 Å². The molecule has 1 aromatic carbocycles. The maximum atomic E-state index is 12.5. The Morgan fingerprint density at radius 2 is 2.04 bits per heavy atom. The molecule has 0 unspecified atom stereocenters. The van der Waals surface area contributed by atoms with Crippen LogP contribution in [-0.2, 0) is 14.3 Å². The van der Waals surface area contributed by atoms with E-state index in [1.54, 1.807) is 17.0 Å². The third-order valence-corrected chi connectivity index (χ3v) is 5.39. The second kappa shape index (κ2) is 7.75. The highest BCUT2D eigenvalue weighted by molar-refractivity contribution is 14.1. The van der Waals surface area contributed by atoms with E-state index in [9.17, 15) is 19.5 Å². The first kappa shape index (κ1) is 18.2. The summed E-state index contributed by atoms with van der Waals surface area (Å²) in [5.41, 5.74) is 0.455. The van der Waals surface area contributed by atoms with Gasteiger partial charge in [0.1, 0.15) is 12.3 Å². The third kappa shape index (κ3) is 4.15. The number of carbonyl (C=O) groups excluding carboxylic acids is 3. The van der Waals surface area contributed by atoms with Crippen LogP contribution in [0.25, 0.3) is 6.08 Å². The highest BCUT2D eigenvalue weighted by Gasteiger charge is 2.37. The van der Waals surface area contributed by atoms with E-state index in [1.807, 2.05) is 0 Å². The van der Waals surface area contributed by atoms with E-state index in [0.29, 0.717) is 31.9 Å². The third-order valence-electron chi connectivity index (χ3n) is 3.81. The van der Waals surface area contributed by atoms with Crippen LogP contribution in [0.15, 0.2) is 23.1 Å². The van der Waals surface area contributed by atoms with Gasteiger partial charge in [0, 0.05) is 22.2 Å². The molecule has 1 N–H and O–H groups in total. The number of hydrogen-bond donors (Lipinski definition) is 1. The van der Waals surface area contributed by atoms with Gasteiger partial charge in [0.15, 0.2) is 0 Å². The highest BCUT2D eigenvalue weighted by Crippen LogP contribution is 2.34. The molecule has 9 heteroatoms. The minimum atomic E-state index is -0.519. The average Bonchev–Trinajstić information content (AvgIpc) is 2.86. The fraction of sp³-hybridized carbons (Fsp3) is 0.312. The van der Waals surface area contributed by atoms with Crippen LogP contribution >= 0.6 is 34.4 Å². The number of imide groups is 1. The number of hydrogen-bond acceptors (Lipinski definition) is 6. The smallest absolute Gasteiger partial charge is 0.294 e. The van der Waals surface area contributed by atoms with Crippen LogP contribution in [0.5, 0.6) is 5.75 Å². The Bertz CT molecular complexity index is 761. The van der Waals surface area contributed by atoms with E-state index in [1.165, 1.54) is 12.1 Å². The number of thioether (sulfide) groups is 1. The molecule has 0 aromatic heterocycles. The van der Waals surface area contributed by atoms with Crippen LogP contribution < -0.4 is 0 Å². The molecule has 2 aliphatic heterocycles. The standard InChI is InChI=1S/C16H15IN2O5S/c17-11-1-2-12(20)10(7-11)8-13-15(22)19(16(23)25-13)9-14(21)18-3-5-24-6-4-18/h1-2,7-8,20H,3-6,9H2/b13-8-. The van der Waals surface area contributed by atoms with Crippen LogP contribution in [0.2, 0.25) is 0 Å². The van der Waals surface area contributed by atoms with Crippen molar-refractivity contribution in [2.45, 2.75) is 0 Å². The fourth-order valence-electron chi connectivity index (χ4n) is 2.47. The van der Waals surface area contributed by atoms with Crippen molar-refractivity contribution < 1.29 is 24.2 Å². The van der Waals surface area contributed by atoms with E-state index < -0.39 is 11.1 Å². The van der Waals surface area contributed by atoms with Gasteiger partial charge >= 0.3 is 0 Å². The van der Waals surface area contributed by atoms with Gasteiger partial charge < -0.3 is 14.7 Å². The lowest BCUT2D eigenvalue weighted by atomic mass is 10.2. The first-order valence-corrected chi connectivity index (χ1v) is 9.44. The Kier molecular flexibility index (Phi) is 5.64. The molecule has 132 valence electrons. The minimum absolute atomic E-state index is 0.0246. The Morgan fingerprint density at radius 1 is 1.32 bits per heavy atom. The van der Waals surface area contributed by atoms with Crippen LogP contribution in [0, 0.1) is 3.57 Å². The Labute approximate surface area is 162 Å². The number of aromatic hydroxyl groups is 1. The first-order valence-electron chi connectivity index (χ1n) is 7.55. The number of morpholine rings is 1. The fourth-order valence-corrected chi connectivity index (χ4v) is 3.81. The van der Waals surface area contributed by atoms with Gasteiger partial charge in [-0.25, -0.2) is 0 Å². The van der Waals surface area contributed by atoms with Crippen molar-refractivity contribution in [2.75, 3.05) is 32.8 Å². The van der Waals surface area contributed by atoms with Gasteiger partial charge in [-0.2, -0.15) is 0 Å². The van der Waals surface area contributed by atoms with Crippen molar-refractivity contribution in [1.29, 1.82) is 0 Å². The summed E-state index contributed by atoms with van der Waals surface area (Å²) in [5, 5.41) is 9.41. The zero-order valence-corrected chi connectivity index (χ0v) is 16.1. The summed E-state index contributed by atoms with van der Waals surface area (Å²) < 4.78 is 6.08. The summed E-state index contributed by atoms with van der Waals surface area (Å²) in [6.07, 6.45) is 1.47. The van der Waals surface area contributed by atoms with Gasteiger partial charge in [0.05, 0.1) is 18.1 Å². The molecule has 3 rings (SSSR count). The lowest BCUT2D eigenvalue weighted by Gasteiger charge is -2.28. The minimum Gasteiger partial charge on any atom is -0.507 e. The summed E-state index contributed by atoms with van der Waals surface area (Å²) in [5.74, 6) is -0.768. The lowest BCUT2D eigenvalue weighted by Crippen LogP contribution is -2.46. The number of nitrogens with zero attached hydrogens (tertiary/aromatic N) is 2. The summed E-state index contributed by atoms with van der Waals surface area (Å²) in [6, 6.07) is 4.97. The predicted molar refractivity (Wildman–Crippen MR) is 101 cm³/mol. The molecule has 0 spiro atoms. The van der Waals surface area contributed by atoms with E-state index >= 15 is 0 Å². The molecule has 0 saturated carbocycles. The molecule has 0 atom stereocenters. The monoisotopic (exact) mass is 474 g/mol. The van der Waals surface area contributed by atoms with E-state index in [4.69, 9.17) is 4.74 Å². The number of rotatable bonds is 3. The number of amides is 3. The predicted octanol–water partition coefficient (Wildman–Crippen LogP) is 1.89. The van der Waals surface area contributed by atoms with Crippen molar-refractivity contribution in [2.24, 2.45) is 0 Å². The van der Waals surface area contributed by atoms with Gasteiger partial charge in [0.2, 0.25) is 5.91 Å². The molecular weight excluding hydrogens is 459 g/mol. The van der Waals surface area contributed by atoms with Crippen molar-refractivity contribution in [3.05, 3.63) is 32.2 Å². The number of phenols is 1. The summed E-state index contributed by atoms with van der Waals surface area (Å²) in [4.78, 5) is 39.6. The van der Waals surface area contributed by atoms with Crippen molar-refractivity contribution >= 4 is 57.5 Å². The van der Waals surface area contributed by atoms with Gasteiger partial charge in [-0.15, -0.1) is 0 Å². The average molecular weight is 474 g/mol. The number of halogens is 1. The van der Waals surface area contributed by atoms with Crippen molar-refractivity contribution in [3.8, 4) is 5.75 Å². The molecule has 0 bridgehead atoms. The lowest BCUT2D eigenvalue weighted by molar-refractivity contribution is -0.139. The molecule has 0 aliphatic carbocycles. The molecule has 3 amide bonds. The SMILES string of the molecule is O=C(CN1C(=O)S/C(=C\c2cc(I)ccc2O)C1=O)N1CCOCC1.